The Balaban J connectivity index is 1.41. The Morgan fingerprint density at radius 1 is 1.03 bits per heavy atom. The summed E-state index contributed by atoms with van der Waals surface area (Å²) < 4.78 is 41.5. The largest absolute Gasteiger partial charge is 0.367 e. The number of nitrogens with one attached hydrogen (secondary N) is 3. The summed E-state index contributed by atoms with van der Waals surface area (Å²) in [5.41, 5.74) is 2.75. The van der Waals surface area contributed by atoms with Crippen LogP contribution in [0.3, 0.4) is 0 Å². The van der Waals surface area contributed by atoms with Crippen LogP contribution in [0.2, 0.25) is 0 Å². The van der Waals surface area contributed by atoms with E-state index in [2.05, 4.69) is 42.3 Å². The van der Waals surface area contributed by atoms with Gasteiger partial charge < -0.3 is 25.4 Å². The zero-order chi connectivity index (χ0) is 27.6. The molecule has 2 aromatic heterocycles. The third-order valence-electron chi connectivity index (χ3n) is 7.06. The number of piperazine rings is 1. The smallest absolute Gasteiger partial charge is 0.234 e. The van der Waals surface area contributed by atoms with Crippen LogP contribution in [0.15, 0.2) is 54.7 Å². The van der Waals surface area contributed by atoms with Gasteiger partial charge in [0.2, 0.25) is 16.0 Å². The number of rotatable bonds is 9. The van der Waals surface area contributed by atoms with E-state index < -0.39 is 10.0 Å². The molecule has 1 saturated heterocycles. The fourth-order valence-corrected chi connectivity index (χ4v) is 5.54. The van der Waals surface area contributed by atoms with Gasteiger partial charge in [-0.15, -0.1) is 0 Å². The molecule has 206 valence electrons. The number of nitrogens with zero attached hydrogens (tertiary/aromatic N) is 5. The zero-order valence-electron chi connectivity index (χ0n) is 22.3. The van der Waals surface area contributed by atoms with E-state index in [1.54, 1.807) is 37.4 Å². The van der Waals surface area contributed by atoms with Gasteiger partial charge in [-0.1, -0.05) is 19.1 Å². The molecule has 0 saturated carbocycles. The van der Waals surface area contributed by atoms with Crippen LogP contribution < -0.4 is 19.8 Å². The number of aromatic amines is 1. The summed E-state index contributed by atoms with van der Waals surface area (Å²) in [5, 5.41) is 7.12. The van der Waals surface area contributed by atoms with Crippen molar-refractivity contribution in [1.29, 1.82) is 0 Å². The summed E-state index contributed by atoms with van der Waals surface area (Å²) in [5.74, 6) is 0.414. The van der Waals surface area contributed by atoms with Gasteiger partial charge in [0.15, 0.2) is 0 Å². The molecule has 39 heavy (non-hydrogen) atoms. The Kier molecular flexibility index (Phi) is 7.58. The molecular weight excluding hydrogens is 519 g/mol. The van der Waals surface area contributed by atoms with Crippen molar-refractivity contribution in [2.45, 2.75) is 13.8 Å². The fraction of sp³-hybridized carbons (Fsp3) is 0.333. The molecule has 0 bridgehead atoms. The van der Waals surface area contributed by atoms with E-state index in [1.807, 2.05) is 18.2 Å². The molecule has 3 N–H and O–H groups in total. The number of aromatic nitrogens is 3. The van der Waals surface area contributed by atoms with E-state index in [-0.39, 0.29) is 17.5 Å². The van der Waals surface area contributed by atoms with Gasteiger partial charge in [0.05, 0.1) is 28.2 Å². The van der Waals surface area contributed by atoms with Crippen molar-refractivity contribution < 1.29 is 12.8 Å². The van der Waals surface area contributed by atoms with Crippen molar-refractivity contribution in [2.24, 2.45) is 0 Å². The minimum absolute atomic E-state index is 0.0221. The average Bonchev–Trinajstić information content (AvgIpc) is 3.42. The number of para-hydroxylation sites is 2. The molecule has 0 spiro atoms. The summed E-state index contributed by atoms with van der Waals surface area (Å²) in [4.78, 5) is 16.7. The summed E-state index contributed by atoms with van der Waals surface area (Å²) in [6.45, 7) is 8.15. The van der Waals surface area contributed by atoms with E-state index in [0.29, 0.717) is 34.2 Å². The Bertz CT molecular complexity index is 1570. The van der Waals surface area contributed by atoms with E-state index in [9.17, 15) is 8.42 Å². The second-order valence-corrected chi connectivity index (χ2v) is 11.6. The van der Waals surface area contributed by atoms with Crippen molar-refractivity contribution >= 4 is 55.6 Å². The maximum Gasteiger partial charge on any atom is 0.234 e. The number of fused-ring (bicyclic) bond motifs is 1. The first-order valence-electron chi connectivity index (χ1n) is 13.0. The lowest BCUT2D eigenvalue weighted by Gasteiger charge is -2.35. The highest BCUT2D eigenvalue weighted by Crippen LogP contribution is 2.33. The zero-order valence-corrected chi connectivity index (χ0v) is 23.1. The van der Waals surface area contributed by atoms with Crippen molar-refractivity contribution in [3.63, 3.8) is 0 Å². The molecule has 0 unspecified atom stereocenters. The first-order valence-corrected chi connectivity index (χ1v) is 14.6. The summed E-state index contributed by atoms with van der Waals surface area (Å²) in [7, 11) is -1.94. The highest BCUT2D eigenvalue weighted by atomic mass is 32.2. The molecule has 1 aliphatic heterocycles. The normalized spacial score (nSPS) is 14.5. The number of H-pyrrole nitrogens is 1. The lowest BCUT2D eigenvalue weighted by atomic mass is 10.2. The van der Waals surface area contributed by atoms with Gasteiger partial charge in [-0.3, -0.25) is 4.31 Å². The third kappa shape index (κ3) is 5.62. The number of hydrogen-bond acceptors (Lipinski definition) is 8. The van der Waals surface area contributed by atoms with E-state index in [0.717, 1.165) is 38.1 Å². The van der Waals surface area contributed by atoms with Crippen LogP contribution in [-0.4, -0.2) is 73.8 Å². The predicted octanol–water partition coefficient (Wildman–Crippen LogP) is 4.51. The summed E-state index contributed by atoms with van der Waals surface area (Å²) in [6, 6.07) is 14.0. The van der Waals surface area contributed by atoms with E-state index in [1.165, 1.54) is 17.4 Å². The molecule has 10 nitrogen and oxygen atoms in total. The molecule has 0 atom stereocenters. The Hall–Kier alpha value is -3.90. The average molecular weight is 553 g/mol. The maximum absolute atomic E-state index is 15.1. The van der Waals surface area contributed by atoms with Crippen LogP contribution in [0.25, 0.3) is 11.0 Å². The van der Waals surface area contributed by atoms with E-state index >= 15 is 4.39 Å². The van der Waals surface area contributed by atoms with Crippen molar-refractivity contribution in [1.82, 2.24) is 19.9 Å². The predicted molar refractivity (Wildman–Crippen MR) is 155 cm³/mol. The quantitative estimate of drug-likeness (QED) is 0.278. The van der Waals surface area contributed by atoms with Gasteiger partial charge in [-0.25, -0.2) is 12.8 Å². The molecule has 0 amide bonds. The van der Waals surface area contributed by atoms with Crippen LogP contribution in [-0.2, 0) is 10.0 Å². The molecule has 12 heteroatoms. The van der Waals surface area contributed by atoms with Crippen molar-refractivity contribution in [3.05, 3.63) is 60.5 Å². The van der Waals surface area contributed by atoms with Crippen LogP contribution in [0, 0.1) is 5.82 Å². The first kappa shape index (κ1) is 26.7. The monoisotopic (exact) mass is 552 g/mol. The Morgan fingerprint density at radius 3 is 2.51 bits per heavy atom. The minimum atomic E-state index is -3.47. The number of benzene rings is 2. The lowest BCUT2D eigenvalue weighted by Crippen LogP contribution is -2.46. The van der Waals surface area contributed by atoms with E-state index in [4.69, 9.17) is 0 Å². The maximum atomic E-state index is 15.1. The number of halogens is 1. The molecule has 1 aliphatic rings. The van der Waals surface area contributed by atoms with Gasteiger partial charge in [-0.05, 0) is 49.9 Å². The Morgan fingerprint density at radius 2 is 1.79 bits per heavy atom. The first-order chi connectivity index (χ1) is 18.8. The number of anilines is 6. The minimum Gasteiger partial charge on any atom is -0.367 e. The molecule has 0 radical (unpaired) electrons. The lowest BCUT2D eigenvalue weighted by molar-refractivity contribution is 0.270. The highest BCUT2D eigenvalue weighted by molar-refractivity contribution is 7.92. The number of sulfonamides is 1. The van der Waals surface area contributed by atoms with Gasteiger partial charge in [-0.2, -0.15) is 9.97 Å². The SMILES string of the molecule is CCN1CCN(c2ccc(Nc3nc(Nc4ccccc4N(C)S(=O)(=O)CC)c4cc[nH]c4n3)cc2F)CC1. The molecule has 4 aromatic rings. The van der Waals surface area contributed by atoms with Crippen LogP contribution in [0.1, 0.15) is 13.8 Å². The topological polar surface area (TPSA) is 109 Å². The molecule has 1 fully saturated rings. The second-order valence-electron chi connectivity index (χ2n) is 9.36. The molecule has 0 aliphatic carbocycles. The standard InChI is InChI=1S/C27H33FN8O2S/c1-4-35-14-16-36(17-15-35)23-11-10-19(18-21(23)28)30-27-32-25-20(12-13-29-25)26(33-27)31-22-8-6-7-9-24(22)34(3)39(37,38)5-2/h6-13,18H,4-5,14-17H2,1-3H3,(H3,29,30,31,32,33). The highest BCUT2D eigenvalue weighted by Gasteiger charge is 2.21. The van der Waals surface area contributed by atoms with Crippen LogP contribution >= 0.6 is 0 Å². The molecule has 2 aromatic carbocycles. The Labute approximate surface area is 227 Å². The van der Waals surface area contributed by atoms with Gasteiger partial charge in [0.1, 0.15) is 17.3 Å². The molecule has 3 heterocycles. The third-order valence-corrected chi connectivity index (χ3v) is 8.82. The van der Waals surface area contributed by atoms with Gasteiger partial charge in [0.25, 0.3) is 0 Å². The van der Waals surface area contributed by atoms with Gasteiger partial charge in [0, 0.05) is 45.1 Å². The van der Waals surface area contributed by atoms with Crippen molar-refractivity contribution in [2.75, 3.05) is 65.4 Å². The van der Waals surface area contributed by atoms with Gasteiger partial charge >= 0.3 is 0 Å². The second kappa shape index (κ2) is 11.1. The van der Waals surface area contributed by atoms with Crippen LogP contribution in [0.4, 0.5) is 38.9 Å². The summed E-state index contributed by atoms with van der Waals surface area (Å²) in [6.07, 6.45) is 1.75. The van der Waals surface area contributed by atoms with Crippen LogP contribution in [0.5, 0.6) is 0 Å². The number of likely N-dealkylation sites (N-methyl/N-ethyl adjacent to an activating group) is 1. The molecular formula is C27H33FN8O2S. The van der Waals surface area contributed by atoms with Crippen molar-refractivity contribution in [3.8, 4) is 0 Å². The molecule has 5 rings (SSSR count). The summed E-state index contributed by atoms with van der Waals surface area (Å²) >= 11 is 0. The fourth-order valence-electron chi connectivity index (χ4n) is 4.69. The number of hydrogen-bond donors (Lipinski definition) is 3.